The Bertz CT molecular complexity index is 920. The Labute approximate surface area is 219 Å². The van der Waals surface area contributed by atoms with Gasteiger partial charge in [0.25, 0.3) is 0 Å². The Kier molecular flexibility index (Phi) is 8.25. The molecular formula is C28H42N2O5S. The molecule has 4 aliphatic heterocycles. The molecule has 200 valence electrons. The van der Waals surface area contributed by atoms with Crippen molar-refractivity contribution in [1.82, 2.24) is 9.80 Å². The van der Waals surface area contributed by atoms with Gasteiger partial charge in [0.15, 0.2) is 0 Å². The first-order valence-corrected chi connectivity index (χ1v) is 14.5. The normalized spacial score (nSPS) is 36.3. The lowest BCUT2D eigenvalue weighted by atomic mass is 9.74. The average molecular weight is 519 g/mol. The lowest BCUT2D eigenvalue weighted by Crippen LogP contribution is -2.57. The summed E-state index contributed by atoms with van der Waals surface area (Å²) >= 11 is 1.57. The number of aliphatic hydroxyl groups is 1. The van der Waals surface area contributed by atoms with Gasteiger partial charge in [-0.3, -0.25) is 14.4 Å². The van der Waals surface area contributed by atoms with Gasteiger partial charge in [0.1, 0.15) is 6.04 Å². The van der Waals surface area contributed by atoms with Gasteiger partial charge in [-0.05, 0) is 44.9 Å². The molecule has 0 saturated carbocycles. The van der Waals surface area contributed by atoms with Crippen molar-refractivity contribution in [2.45, 2.75) is 87.8 Å². The third kappa shape index (κ3) is 4.64. The van der Waals surface area contributed by atoms with E-state index in [1.165, 1.54) is 0 Å². The fraction of sp³-hybridized carbons (Fsp3) is 0.750. The van der Waals surface area contributed by atoms with E-state index in [9.17, 15) is 19.5 Å². The average Bonchev–Trinajstić information content (AvgIpc) is 3.17. The predicted molar refractivity (Wildman–Crippen MR) is 141 cm³/mol. The van der Waals surface area contributed by atoms with Gasteiger partial charge in [-0.2, -0.15) is 0 Å². The molecule has 7 nitrogen and oxygen atoms in total. The summed E-state index contributed by atoms with van der Waals surface area (Å²) in [6.07, 6.45) is 13.3. The van der Waals surface area contributed by atoms with Gasteiger partial charge < -0.3 is 19.6 Å². The third-order valence-electron chi connectivity index (χ3n) is 8.15. The summed E-state index contributed by atoms with van der Waals surface area (Å²) in [4.78, 5) is 45.7. The minimum Gasteiger partial charge on any atom is -0.465 e. The summed E-state index contributed by atoms with van der Waals surface area (Å²) in [6, 6.07) is -1.24. The Morgan fingerprint density at radius 1 is 1.14 bits per heavy atom. The van der Waals surface area contributed by atoms with E-state index < -0.39 is 33.4 Å². The monoisotopic (exact) mass is 518 g/mol. The number of rotatable bonds is 7. The van der Waals surface area contributed by atoms with Crippen molar-refractivity contribution in [3.63, 3.8) is 0 Å². The lowest BCUT2D eigenvalue weighted by Gasteiger charge is -2.40. The standard InChI is InChI=1S/C28H42N2O5S/c1-5-6-14-29-15-11-13-28-21(22-26(34)35-16-10-8-7-9-12-27(22,4)36-28)24(32)30(23(28)25(29)33)20(18-31)17-19(2)3/h9,11-13,19-23,31H,5-8,10,14-18H2,1-4H3/b12-9-/t20-,21+,22-,23?,27+,28+/m1/s1. The Balaban J connectivity index is 1.86. The smallest absolute Gasteiger partial charge is 0.311 e. The van der Waals surface area contributed by atoms with Gasteiger partial charge in [-0.15, -0.1) is 11.8 Å². The number of fused-ring (bicyclic) bond motifs is 2. The molecule has 0 aromatic heterocycles. The van der Waals surface area contributed by atoms with Crippen LogP contribution in [0, 0.1) is 17.8 Å². The van der Waals surface area contributed by atoms with Crippen LogP contribution in [-0.4, -0.2) is 80.6 Å². The van der Waals surface area contributed by atoms with Gasteiger partial charge in [-0.1, -0.05) is 51.5 Å². The second kappa shape index (κ2) is 10.9. The number of amides is 2. The maximum atomic E-state index is 14.4. The molecule has 4 rings (SSSR count). The highest BCUT2D eigenvalue weighted by molar-refractivity contribution is 8.02. The molecule has 36 heavy (non-hydrogen) atoms. The fourth-order valence-electron chi connectivity index (χ4n) is 6.55. The Hall–Kier alpha value is -1.80. The number of hydrogen-bond donors (Lipinski definition) is 1. The lowest BCUT2D eigenvalue weighted by molar-refractivity contribution is -0.155. The molecule has 0 aliphatic carbocycles. The number of unbranched alkanes of at least 4 members (excludes halogenated alkanes) is 1. The van der Waals surface area contributed by atoms with Crippen LogP contribution in [0.5, 0.6) is 0 Å². The van der Waals surface area contributed by atoms with E-state index in [-0.39, 0.29) is 30.3 Å². The van der Waals surface area contributed by atoms with Gasteiger partial charge in [-0.25, -0.2) is 0 Å². The number of thioether (sulfide) groups is 1. The molecular weight excluding hydrogens is 476 g/mol. The highest BCUT2D eigenvalue weighted by Gasteiger charge is 2.74. The van der Waals surface area contributed by atoms with Crippen LogP contribution in [0.15, 0.2) is 24.3 Å². The van der Waals surface area contributed by atoms with Crippen LogP contribution in [-0.2, 0) is 19.1 Å². The molecule has 0 radical (unpaired) electrons. The SMILES string of the molecule is CCCCN1CC=C[C@]23S[C@@]4(C)/C=C\CCCCOC(=O)[C@H]4[C@H]2C(=O)N([C@@H](CO)CC(C)C)C3C1=O. The second-order valence-electron chi connectivity index (χ2n) is 11.3. The number of allylic oxidation sites excluding steroid dienone is 1. The summed E-state index contributed by atoms with van der Waals surface area (Å²) in [7, 11) is 0. The van der Waals surface area contributed by atoms with Crippen molar-refractivity contribution >= 4 is 29.5 Å². The van der Waals surface area contributed by atoms with Crippen molar-refractivity contribution in [3.05, 3.63) is 24.3 Å². The molecule has 2 saturated heterocycles. The number of hydrogen-bond acceptors (Lipinski definition) is 6. The molecule has 1 unspecified atom stereocenters. The Morgan fingerprint density at radius 3 is 2.61 bits per heavy atom. The number of likely N-dealkylation sites (tertiary alicyclic amines) is 1. The van der Waals surface area contributed by atoms with E-state index >= 15 is 0 Å². The maximum Gasteiger partial charge on any atom is 0.311 e. The van der Waals surface area contributed by atoms with Crippen LogP contribution in [0.4, 0.5) is 0 Å². The first-order chi connectivity index (χ1) is 17.2. The van der Waals surface area contributed by atoms with Gasteiger partial charge in [0.05, 0.1) is 35.8 Å². The molecule has 0 aromatic rings. The molecule has 6 atom stereocenters. The highest BCUT2D eigenvalue weighted by atomic mass is 32.2. The first-order valence-electron chi connectivity index (χ1n) is 13.6. The van der Waals surface area contributed by atoms with Gasteiger partial charge in [0.2, 0.25) is 11.8 Å². The number of ether oxygens (including phenoxy) is 1. The van der Waals surface area contributed by atoms with Crippen molar-refractivity contribution in [1.29, 1.82) is 0 Å². The minimum atomic E-state index is -0.892. The van der Waals surface area contributed by atoms with Crippen LogP contribution in [0.25, 0.3) is 0 Å². The Morgan fingerprint density at radius 2 is 1.92 bits per heavy atom. The van der Waals surface area contributed by atoms with Gasteiger partial charge in [0, 0.05) is 17.8 Å². The summed E-state index contributed by atoms with van der Waals surface area (Å²) in [5, 5.41) is 10.4. The van der Waals surface area contributed by atoms with Crippen LogP contribution >= 0.6 is 11.8 Å². The van der Waals surface area contributed by atoms with E-state index in [0.29, 0.717) is 26.1 Å². The predicted octanol–water partition coefficient (Wildman–Crippen LogP) is 3.56. The van der Waals surface area contributed by atoms with Crippen LogP contribution in [0.3, 0.4) is 0 Å². The number of carbonyl (C=O) groups is 3. The summed E-state index contributed by atoms with van der Waals surface area (Å²) in [6.45, 7) is 9.46. The molecule has 8 heteroatoms. The molecule has 1 N–H and O–H groups in total. The zero-order chi connectivity index (χ0) is 26.1. The summed E-state index contributed by atoms with van der Waals surface area (Å²) < 4.78 is 4.16. The second-order valence-corrected chi connectivity index (χ2v) is 13.1. The van der Waals surface area contributed by atoms with Crippen LogP contribution < -0.4 is 0 Å². The minimum absolute atomic E-state index is 0.0799. The molecule has 4 aliphatic rings. The molecule has 2 amide bonds. The third-order valence-corrected chi connectivity index (χ3v) is 9.95. The van der Waals surface area contributed by atoms with Gasteiger partial charge >= 0.3 is 5.97 Å². The van der Waals surface area contributed by atoms with Crippen LogP contribution in [0.1, 0.15) is 66.2 Å². The molecule has 0 bridgehead atoms. The number of cyclic esters (lactones) is 1. The number of esters is 1. The molecule has 0 aromatic carbocycles. The van der Waals surface area contributed by atoms with Crippen molar-refractivity contribution in [2.24, 2.45) is 17.8 Å². The topological polar surface area (TPSA) is 87.2 Å². The number of aliphatic hydroxyl groups excluding tert-OH is 1. The van der Waals surface area contributed by atoms with E-state index in [1.54, 1.807) is 16.7 Å². The van der Waals surface area contributed by atoms with E-state index in [0.717, 1.165) is 32.1 Å². The van der Waals surface area contributed by atoms with Crippen molar-refractivity contribution in [3.8, 4) is 0 Å². The zero-order valence-electron chi connectivity index (χ0n) is 22.2. The quantitative estimate of drug-likeness (QED) is 0.410. The first kappa shape index (κ1) is 27.2. The molecule has 4 heterocycles. The van der Waals surface area contributed by atoms with E-state index in [1.807, 2.05) is 24.0 Å². The maximum absolute atomic E-state index is 14.4. The van der Waals surface area contributed by atoms with Crippen molar-refractivity contribution in [2.75, 3.05) is 26.3 Å². The number of carbonyl (C=O) groups excluding carboxylic acids is 3. The van der Waals surface area contributed by atoms with E-state index in [4.69, 9.17) is 4.74 Å². The summed E-state index contributed by atoms with van der Waals surface area (Å²) in [5.41, 5.74) is 0. The zero-order valence-corrected chi connectivity index (χ0v) is 23.0. The molecule has 1 spiro atoms. The van der Waals surface area contributed by atoms with Crippen LogP contribution in [0.2, 0.25) is 0 Å². The summed E-state index contributed by atoms with van der Waals surface area (Å²) in [5.74, 6) is -1.83. The fourth-order valence-corrected chi connectivity index (χ4v) is 8.69. The largest absolute Gasteiger partial charge is 0.465 e. The highest BCUT2D eigenvalue weighted by Crippen LogP contribution is 2.65. The number of nitrogens with zero attached hydrogens (tertiary/aromatic N) is 2. The van der Waals surface area contributed by atoms with E-state index in [2.05, 4.69) is 32.9 Å². The molecule has 2 fully saturated rings. The van der Waals surface area contributed by atoms with Crippen molar-refractivity contribution < 1.29 is 24.2 Å².